The number of rotatable bonds is 3. The van der Waals surface area contributed by atoms with Gasteiger partial charge >= 0.3 is 0 Å². The Kier molecular flexibility index (Phi) is 3.64. The van der Waals surface area contributed by atoms with E-state index in [1.807, 2.05) is 30.1 Å². The van der Waals surface area contributed by atoms with Crippen molar-refractivity contribution in [2.24, 2.45) is 7.05 Å². The summed E-state index contributed by atoms with van der Waals surface area (Å²) in [5.41, 5.74) is 0.791. The van der Waals surface area contributed by atoms with Gasteiger partial charge in [0.1, 0.15) is 0 Å². The van der Waals surface area contributed by atoms with Crippen molar-refractivity contribution in [3.05, 3.63) is 24.0 Å². The van der Waals surface area contributed by atoms with Crippen molar-refractivity contribution < 1.29 is 9.53 Å². The zero-order valence-corrected chi connectivity index (χ0v) is 10.7. The van der Waals surface area contributed by atoms with Gasteiger partial charge in [0.05, 0.1) is 18.8 Å². The maximum atomic E-state index is 12.0. The molecule has 1 fully saturated rings. The third kappa shape index (κ3) is 3.17. The molecule has 0 spiro atoms. The Balaban J connectivity index is 1.94. The smallest absolute Gasteiger partial charge is 0.178 e. The Hall–Kier alpha value is -1.13. The second kappa shape index (κ2) is 5.02. The highest BCUT2D eigenvalue weighted by atomic mass is 16.5. The lowest BCUT2D eigenvalue weighted by Gasteiger charge is -2.34. The summed E-state index contributed by atoms with van der Waals surface area (Å²) in [5.74, 6) is 0.187. The van der Waals surface area contributed by atoms with Gasteiger partial charge in [-0.15, -0.1) is 0 Å². The van der Waals surface area contributed by atoms with Gasteiger partial charge < -0.3 is 9.30 Å². The Morgan fingerprint density at radius 2 is 2.06 bits per heavy atom. The van der Waals surface area contributed by atoms with E-state index in [0.717, 1.165) is 18.7 Å². The van der Waals surface area contributed by atoms with E-state index in [9.17, 15) is 4.79 Å². The van der Waals surface area contributed by atoms with E-state index in [1.165, 1.54) is 0 Å². The molecular weight excluding hydrogens is 216 g/mol. The van der Waals surface area contributed by atoms with Crippen LogP contribution in [0.25, 0.3) is 0 Å². The molecule has 94 valence electrons. The van der Waals surface area contributed by atoms with Crippen molar-refractivity contribution in [2.45, 2.75) is 26.1 Å². The lowest BCUT2D eigenvalue weighted by Crippen LogP contribution is -2.47. The largest absolute Gasteiger partial charge is 0.373 e. The predicted octanol–water partition coefficient (Wildman–Crippen LogP) is 1.32. The molecule has 1 aromatic rings. The molecule has 1 aliphatic heterocycles. The Morgan fingerprint density at radius 3 is 2.59 bits per heavy atom. The number of morpholine rings is 1. The van der Waals surface area contributed by atoms with Crippen molar-refractivity contribution in [3.8, 4) is 0 Å². The molecule has 1 aliphatic rings. The summed E-state index contributed by atoms with van der Waals surface area (Å²) in [5, 5.41) is 0. The average molecular weight is 236 g/mol. The molecule has 4 nitrogen and oxygen atoms in total. The van der Waals surface area contributed by atoms with Crippen LogP contribution in [-0.2, 0) is 11.8 Å². The molecule has 0 unspecified atom stereocenters. The van der Waals surface area contributed by atoms with Crippen molar-refractivity contribution in [3.63, 3.8) is 0 Å². The molecular formula is C13H20N2O2. The second-order valence-corrected chi connectivity index (χ2v) is 4.94. The van der Waals surface area contributed by atoms with Gasteiger partial charge in [0, 0.05) is 38.1 Å². The Bertz CT molecular complexity index is 390. The van der Waals surface area contributed by atoms with Gasteiger partial charge in [-0.3, -0.25) is 9.69 Å². The Labute approximate surface area is 102 Å². The van der Waals surface area contributed by atoms with Gasteiger partial charge in [-0.25, -0.2) is 0 Å². The first-order valence-electron chi connectivity index (χ1n) is 6.07. The molecule has 0 radical (unpaired) electrons. The molecule has 0 N–H and O–H groups in total. The first-order valence-corrected chi connectivity index (χ1v) is 6.07. The zero-order valence-electron chi connectivity index (χ0n) is 10.7. The summed E-state index contributed by atoms with van der Waals surface area (Å²) in [6, 6.07) is 1.87. The minimum Gasteiger partial charge on any atom is -0.373 e. The van der Waals surface area contributed by atoms with E-state index in [1.54, 1.807) is 0 Å². The fraction of sp³-hybridized carbons (Fsp3) is 0.615. The number of nitrogens with zero attached hydrogens (tertiary/aromatic N) is 2. The average Bonchev–Trinajstić information content (AvgIpc) is 2.63. The molecule has 0 saturated carbocycles. The van der Waals surface area contributed by atoms with Gasteiger partial charge in [-0.2, -0.15) is 0 Å². The van der Waals surface area contributed by atoms with E-state index >= 15 is 0 Å². The second-order valence-electron chi connectivity index (χ2n) is 4.94. The lowest BCUT2D eigenvalue weighted by atomic mass is 10.1. The lowest BCUT2D eigenvalue weighted by molar-refractivity contribution is -0.0652. The topological polar surface area (TPSA) is 34.5 Å². The normalized spacial score (nSPS) is 26.1. The van der Waals surface area contributed by atoms with Gasteiger partial charge in [0.25, 0.3) is 0 Å². The number of ketones is 1. The summed E-state index contributed by atoms with van der Waals surface area (Å²) in [6.45, 7) is 6.26. The molecule has 1 aromatic heterocycles. The first-order chi connectivity index (χ1) is 8.04. The molecule has 4 heteroatoms. The van der Waals surface area contributed by atoms with E-state index in [-0.39, 0.29) is 18.0 Å². The third-order valence-corrected chi connectivity index (χ3v) is 3.02. The number of Topliss-reactive ketones (excluding diaryl/α,β-unsaturated/α-hetero) is 1. The predicted molar refractivity (Wildman–Crippen MR) is 66.2 cm³/mol. The van der Waals surface area contributed by atoms with Crippen LogP contribution in [-0.4, -0.2) is 47.1 Å². The standard InChI is InChI=1S/C13H20N2O2/c1-10-6-15(7-11(2)17-10)9-13(16)12-4-5-14(3)8-12/h4-5,8,10-11H,6-7,9H2,1-3H3/t10-,11+. The minimum absolute atomic E-state index is 0.187. The van der Waals surface area contributed by atoms with Crippen LogP contribution >= 0.6 is 0 Å². The highest BCUT2D eigenvalue weighted by Crippen LogP contribution is 2.11. The molecule has 0 aromatic carbocycles. The quantitative estimate of drug-likeness (QED) is 0.742. The molecule has 0 bridgehead atoms. The van der Waals surface area contributed by atoms with E-state index in [0.29, 0.717) is 6.54 Å². The van der Waals surface area contributed by atoms with Crippen LogP contribution in [0.15, 0.2) is 18.5 Å². The summed E-state index contributed by atoms with van der Waals surface area (Å²) in [4.78, 5) is 14.2. The molecule has 0 amide bonds. The van der Waals surface area contributed by atoms with Crippen molar-refractivity contribution in [2.75, 3.05) is 19.6 Å². The van der Waals surface area contributed by atoms with Gasteiger partial charge in [-0.05, 0) is 19.9 Å². The minimum atomic E-state index is 0.187. The summed E-state index contributed by atoms with van der Waals surface area (Å²) in [6.07, 6.45) is 4.19. The summed E-state index contributed by atoms with van der Waals surface area (Å²) >= 11 is 0. The van der Waals surface area contributed by atoms with E-state index in [2.05, 4.69) is 18.7 Å². The number of ether oxygens (including phenoxy) is 1. The van der Waals surface area contributed by atoms with E-state index < -0.39 is 0 Å². The SMILES string of the molecule is C[C@@H]1CN(CC(=O)c2ccn(C)c2)C[C@H](C)O1. The number of hydrogen-bond acceptors (Lipinski definition) is 3. The van der Waals surface area contributed by atoms with Crippen LogP contribution in [0.3, 0.4) is 0 Å². The van der Waals surface area contributed by atoms with Crippen LogP contribution in [0.4, 0.5) is 0 Å². The van der Waals surface area contributed by atoms with Crippen LogP contribution in [0, 0.1) is 0 Å². The number of aryl methyl sites for hydroxylation is 1. The zero-order chi connectivity index (χ0) is 12.4. The Morgan fingerprint density at radius 1 is 1.41 bits per heavy atom. The molecule has 2 heterocycles. The van der Waals surface area contributed by atoms with Crippen LogP contribution < -0.4 is 0 Å². The molecule has 17 heavy (non-hydrogen) atoms. The van der Waals surface area contributed by atoms with Gasteiger partial charge in [-0.1, -0.05) is 0 Å². The van der Waals surface area contributed by atoms with Crippen molar-refractivity contribution in [1.29, 1.82) is 0 Å². The summed E-state index contributed by atoms with van der Waals surface area (Å²) < 4.78 is 7.55. The fourth-order valence-electron chi connectivity index (χ4n) is 2.38. The number of hydrogen-bond donors (Lipinski definition) is 0. The molecule has 2 rings (SSSR count). The highest BCUT2D eigenvalue weighted by molar-refractivity contribution is 5.97. The van der Waals surface area contributed by atoms with E-state index in [4.69, 9.17) is 4.74 Å². The number of aromatic nitrogens is 1. The number of carbonyl (C=O) groups excluding carboxylic acids is 1. The maximum absolute atomic E-state index is 12.0. The van der Waals surface area contributed by atoms with Crippen LogP contribution in [0.5, 0.6) is 0 Å². The molecule has 1 saturated heterocycles. The first kappa shape index (κ1) is 12.3. The maximum Gasteiger partial charge on any atom is 0.178 e. The van der Waals surface area contributed by atoms with Gasteiger partial charge in [0.15, 0.2) is 5.78 Å². The fourth-order valence-corrected chi connectivity index (χ4v) is 2.38. The van der Waals surface area contributed by atoms with Gasteiger partial charge in [0.2, 0.25) is 0 Å². The van der Waals surface area contributed by atoms with Crippen molar-refractivity contribution in [1.82, 2.24) is 9.47 Å². The van der Waals surface area contributed by atoms with Crippen LogP contribution in [0.1, 0.15) is 24.2 Å². The van der Waals surface area contributed by atoms with Crippen molar-refractivity contribution >= 4 is 5.78 Å². The highest BCUT2D eigenvalue weighted by Gasteiger charge is 2.24. The third-order valence-electron chi connectivity index (χ3n) is 3.02. The van der Waals surface area contributed by atoms with Crippen LogP contribution in [0.2, 0.25) is 0 Å². The number of carbonyl (C=O) groups is 1. The molecule has 0 aliphatic carbocycles. The summed E-state index contributed by atoms with van der Waals surface area (Å²) in [7, 11) is 1.93. The monoisotopic (exact) mass is 236 g/mol. The molecule has 2 atom stereocenters.